The summed E-state index contributed by atoms with van der Waals surface area (Å²) >= 11 is 0. The lowest BCUT2D eigenvalue weighted by Gasteiger charge is -2.16. The van der Waals surface area contributed by atoms with Gasteiger partial charge in [-0.1, -0.05) is 12.1 Å². The normalized spacial score (nSPS) is 11.8. The van der Waals surface area contributed by atoms with Gasteiger partial charge in [0, 0.05) is 19.3 Å². The molecular weight excluding hydrogens is 387 g/mol. The van der Waals surface area contributed by atoms with Crippen LogP contribution in [0, 0.1) is 11.3 Å². The SMILES string of the molecule is CC(NC(=O)NCCNc1ncccc1C#N)c1ccc(OCC(F)(F)F)cc1. The van der Waals surface area contributed by atoms with E-state index >= 15 is 0 Å². The molecule has 3 N–H and O–H groups in total. The molecule has 10 heteroatoms. The summed E-state index contributed by atoms with van der Waals surface area (Å²) in [6.45, 7) is 1.06. The van der Waals surface area contributed by atoms with E-state index < -0.39 is 18.8 Å². The van der Waals surface area contributed by atoms with Gasteiger partial charge in [-0.2, -0.15) is 18.4 Å². The number of carbonyl (C=O) groups is 1. The Hall–Kier alpha value is -3.48. The van der Waals surface area contributed by atoms with E-state index in [1.165, 1.54) is 12.1 Å². The molecular formula is C19H20F3N5O2. The lowest BCUT2D eigenvalue weighted by atomic mass is 10.1. The molecule has 0 aliphatic carbocycles. The molecule has 0 spiro atoms. The van der Waals surface area contributed by atoms with Crippen molar-refractivity contribution in [1.82, 2.24) is 15.6 Å². The minimum absolute atomic E-state index is 0.0973. The summed E-state index contributed by atoms with van der Waals surface area (Å²) in [7, 11) is 0. The van der Waals surface area contributed by atoms with E-state index in [4.69, 9.17) is 5.26 Å². The van der Waals surface area contributed by atoms with Crippen molar-refractivity contribution in [3.05, 3.63) is 53.7 Å². The number of pyridine rings is 1. The van der Waals surface area contributed by atoms with Crippen molar-refractivity contribution >= 4 is 11.8 Å². The number of halogens is 3. The molecule has 0 fully saturated rings. The molecule has 0 aliphatic heterocycles. The number of urea groups is 1. The zero-order valence-corrected chi connectivity index (χ0v) is 15.6. The van der Waals surface area contributed by atoms with Crippen molar-refractivity contribution in [2.45, 2.75) is 19.1 Å². The summed E-state index contributed by atoms with van der Waals surface area (Å²) in [6, 6.07) is 10.6. The van der Waals surface area contributed by atoms with Crippen LogP contribution >= 0.6 is 0 Å². The van der Waals surface area contributed by atoms with Gasteiger partial charge >= 0.3 is 12.2 Å². The number of alkyl halides is 3. The van der Waals surface area contributed by atoms with Crippen LogP contribution in [-0.2, 0) is 0 Å². The van der Waals surface area contributed by atoms with Crippen molar-refractivity contribution in [2.75, 3.05) is 25.0 Å². The van der Waals surface area contributed by atoms with Gasteiger partial charge in [-0.05, 0) is 36.8 Å². The number of amides is 2. The number of carbonyl (C=O) groups excluding carboxylic acids is 1. The maximum absolute atomic E-state index is 12.2. The molecule has 1 aromatic heterocycles. The number of nitrogens with zero attached hydrogens (tertiary/aromatic N) is 2. The maximum Gasteiger partial charge on any atom is 0.422 e. The number of benzene rings is 1. The first-order valence-electron chi connectivity index (χ1n) is 8.71. The molecule has 1 heterocycles. The third-order valence-corrected chi connectivity index (χ3v) is 3.76. The molecule has 0 radical (unpaired) electrons. The first-order chi connectivity index (χ1) is 13.8. The molecule has 1 aromatic carbocycles. The summed E-state index contributed by atoms with van der Waals surface area (Å²) in [5.41, 5.74) is 1.12. The van der Waals surface area contributed by atoms with E-state index in [-0.39, 0.29) is 11.8 Å². The predicted octanol–water partition coefficient (Wildman–Crippen LogP) is 3.37. The number of nitriles is 1. The largest absolute Gasteiger partial charge is 0.484 e. The topological polar surface area (TPSA) is 99.1 Å². The van der Waals surface area contributed by atoms with Gasteiger partial charge in [-0.25, -0.2) is 9.78 Å². The van der Waals surface area contributed by atoms with Gasteiger partial charge in [0.1, 0.15) is 17.6 Å². The highest BCUT2D eigenvalue weighted by atomic mass is 19.4. The third kappa shape index (κ3) is 7.57. The van der Waals surface area contributed by atoms with E-state index in [0.29, 0.717) is 30.0 Å². The van der Waals surface area contributed by atoms with Gasteiger partial charge in [0.15, 0.2) is 6.61 Å². The Morgan fingerprint density at radius 2 is 1.97 bits per heavy atom. The molecule has 0 aliphatic rings. The summed E-state index contributed by atoms with van der Waals surface area (Å²) in [4.78, 5) is 16.0. The van der Waals surface area contributed by atoms with Crippen molar-refractivity contribution in [1.29, 1.82) is 5.26 Å². The second-order valence-electron chi connectivity index (χ2n) is 6.03. The van der Waals surface area contributed by atoms with Crippen LogP contribution in [0.3, 0.4) is 0 Å². The van der Waals surface area contributed by atoms with E-state index in [9.17, 15) is 18.0 Å². The van der Waals surface area contributed by atoms with Crippen LogP contribution in [0.4, 0.5) is 23.8 Å². The van der Waals surface area contributed by atoms with Crippen molar-refractivity contribution in [2.24, 2.45) is 0 Å². The van der Waals surface area contributed by atoms with Crippen LogP contribution in [-0.4, -0.2) is 36.9 Å². The number of rotatable bonds is 8. The van der Waals surface area contributed by atoms with E-state index in [1.54, 1.807) is 37.4 Å². The number of hydrogen-bond acceptors (Lipinski definition) is 5. The second kappa shape index (κ2) is 10.2. The number of ether oxygens (including phenoxy) is 1. The Morgan fingerprint density at radius 1 is 1.24 bits per heavy atom. The molecule has 2 rings (SSSR count). The van der Waals surface area contributed by atoms with Gasteiger partial charge in [-0.15, -0.1) is 0 Å². The van der Waals surface area contributed by atoms with Crippen LogP contribution < -0.4 is 20.7 Å². The smallest absolute Gasteiger partial charge is 0.422 e. The van der Waals surface area contributed by atoms with Gasteiger partial charge in [0.05, 0.1) is 11.6 Å². The number of anilines is 1. The number of hydrogen-bond donors (Lipinski definition) is 3. The fourth-order valence-electron chi connectivity index (χ4n) is 2.34. The minimum Gasteiger partial charge on any atom is -0.484 e. The Bertz CT molecular complexity index is 850. The van der Waals surface area contributed by atoms with Crippen molar-refractivity contribution in [3.8, 4) is 11.8 Å². The molecule has 0 saturated heterocycles. The van der Waals surface area contributed by atoms with Crippen LogP contribution in [0.25, 0.3) is 0 Å². The van der Waals surface area contributed by atoms with Gasteiger partial charge in [0.25, 0.3) is 0 Å². The summed E-state index contributed by atoms with van der Waals surface area (Å²) < 4.78 is 41.1. The first kappa shape index (κ1) is 21.8. The molecule has 2 amide bonds. The summed E-state index contributed by atoms with van der Waals surface area (Å²) in [6.07, 6.45) is -2.84. The number of aromatic nitrogens is 1. The molecule has 2 aromatic rings. The van der Waals surface area contributed by atoms with Gasteiger partial charge in [0.2, 0.25) is 0 Å². The average Bonchev–Trinajstić information content (AvgIpc) is 2.69. The van der Waals surface area contributed by atoms with Crippen molar-refractivity contribution < 1.29 is 22.7 Å². The van der Waals surface area contributed by atoms with Crippen LogP contribution in [0.1, 0.15) is 24.1 Å². The number of nitrogens with one attached hydrogen (secondary N) is 3. The molecule has 7 nitrogen and oxygen atoms in total. The molecule has 154 valence electrons. The summed E-state index contributed by atoms with van der Waals surface area (Å²) in [5.74, 6) is 0.540. The standard InChI is InChI=1S/C19H20F3N5O2/c1-13(14-4-6-16(7-5-14)29-12-19(20,21)22)27-18(28)26-10-9-25-17-15(11-23)3-2-8-24-17/h2-8,13H,9-10,12H2,1H3,(H,24,25)(H2,26,27,28). The molecule has 0 bridgehead atoms. The lowest BCUT2D eigenvalue weighted by Crippen LogP contribution is -2.39. The van der Waals surface area contributed by atoms with Crippen LogP contribution in [0.5, 0.6) is 5.75 Å². The molecule has 1 atom stereocenters. The fourth-order valence-corrected chi connectivity index (χ4v) is 2.34. The first-order valence-corrected chi connectivity index (χ1v) is 8.71. The van der Waals surface area contributed by atoms with Crippen LogP contribution in [0.15, 0.2) is 42.6 Å². The Balaban J connectivity index is 1.73. The maximum atomic E-state index is 12.2. The summed E-state index contributed by atoms with van der Waals surface area (Å²) in [5, 5.41) is 17.3. The van der Waals surface area contributed by atoms with Gasteiger partial charge < -0.3 is 20.7 Å². The lowest BCUT2D eigenvalue weighted by molar-refractivity contribution is -0.153. The zero-order chi connectivity index (χ0) is 21.3. The van der Waals surface area contributed by atoms with Gasteiger partial charge in [-0.3, -0.25) is 0 Å². The van der Waals surface area contributed by atoms with Crippen molar-refractivity contribution in [3.63, 3.8) is 0 Å². The minimum atomic E-state index is -4.40. The Morgan fingerprint density at radius 3 is 2.62 bits per heavy atom. The highest BCUT2D eigenvalue weighted by Crippen LogP contribution is 2.21. The molecule has 0 saturated carbocycles. The van der Waals surface area contributed by atoms with E-state index in [2.05, 4.69) is 25.7 Å². The monoisotopic (exact) mass is 407 g/mol. The molecule has 29 heavy (non-hydrogen) atoms. The zero-order valence-electron chi connectivity index (χ0n) is 15.6. The Labute approximate surface area is 165 Å². The molecule has 1 unspecified atom stereocenters. The van der Waals surface area contributed by atoms with E-state index in [0.717, 1.165) is 0 Å². The highest BCUT2D eigenvalue weighted by Gasteiger charge is 2.28. The average molecular weight is 407 g/mol. The fraction of sp³-hybridized carbons (Fsp3) is 0.316. The van der Waals surface area contributed by atoms with Crippen LogP contribution in [0.2, 0.25) is 0 Å². The van der Waals surface area contributed by atoms with E-state index in [1.807, 2.05) is 6.07 Å². The predicted molar refractivity (Wildman–Crippen MR) is 100 cm³/mol. The quantitative estimate of drug-likeness (QED) is 0.583. The Kier molecular flexibility index (Phi) is 7.65. The second-order valence-corrected chi connectivity index (χ2v) is 6.03. The highest BCUT2D eigenvalue weighted by molar-refractivity contribution is 5.74. The third-order valence-electron chi connectivity index (χ3n) is 3.76.